The predicted octanol–water partition coefficient (Wildman–Crippen LogP) is 3.18. The Morgan fingerprint density at radius 3 is 2.87 bits per heavy atom. The monoisotopic (exact) mass is 326 g/mol. The van der Waals surface area contributed by atoms with Crippen LogP contribution in [0.4, 0.5) is 5.95 Å². The topological polar surface area (TPSA) is 66.0 Å². The van der Waals surface area contributed by atoms with Crippen molar-refractivity contribution < 1.29 is 4.74 Å². The van der Waals surface area contributed by atoms with Gasteiger partial charge in [0.2, 0.25) is 5.95 Å². The number of benzene rings is 2. The lowest BCUT2D eigenvalue weighted by atomic mass is 10.0. The van der Waals surface area contributed by atoms with Gasteiger partial charge in [-0.1, -0.05) is 29.8 Å². The second-order valence-corrected chi connectivity index (χ2v) is 5.89. The number of hydrogen-bond donors (Lipinski definition) is 1. The first-order valence-electron chi connectivity index (χ1n) is 7.41. The highest BCUT2D eigenvalue weighted by atomic mass is 35.5. The molecule has 6 heteroatoms. The normalized spacial score (nSPS) is 12.6. The molecule has 5 nitrogen and oxygen atoms in total. The zero-order chi connectivity index (χ0) is 15.8. The van der Waals surface area contributed by atoms with Crippen LogP contribution in [0.15, 0.2) is 42.5 Å². The molecule has 0 fully saturated rings. The SMILES string of the molecule is Nc1nnc2n1-c1ccc(OCc3ccccc3Cl)cc1CC2. The first kappa shape index (κ1) is 14.1. The summed E-state index contributed by atoms with van der Waals surface area (Å²) in [6.07, 6.45) is 1.72. The summed E-state index contributed by atoms with van der Waals surface area (Å²) < 4.78 is 7.78. The Labute approximate surface area is 138 Å². The summed E-state index contributed by atoms with van der Waals surface area (Å²) >= 11 is 6.16. The summed E-state index contributed by atoms with van der Waals surface area (Å²) in [5, 5.41) is 8.77. The highest BCUT2D eigenvalue weighted by Crippen LogP contribution is 2.29. The number of fused-ring (bicyclic) bond motifs is 3. The third-order valence-corrected chi connectivity index (χ3v) is 4.39. The minimum Gasteiger partial charge on any atom is -0.489 e. The maximum Gasteiger partial charge on any atom is 0.226 e. The Morgan fingerprint density at radius 2 is 2.00 bits per heavy atom. The molecule has 0 bridgehead atoms. The minimum atomic E-state index is 0.422. The van der Waals surface area contributed by atoms with Crippen LogP contribution in [-0.2, 0) is 19.4 Å². The number of nitrogen functional groups attached to an aromatic ring is 1. The summed E-state index contributed by atoms with van der Waals surface area (Å²) in [6, 6.07) is 13.7. The van der Waals surface area contributed by atoms with E-state index in [-0.39, 0.29) is 0 Å². The van der Waals surface area contributed by atoms with Gasteiger partial charge in [-0.05, 0) is 36.2 Å². The van der Waals surface area contributed by atoms with Gasteiger partial charge < -0.3 is 10.5 Å². The Morgan fingerprint density at radius 1 is 1.13 bits per heavy atom. The third-order valence-electron chi connectivity index (χ3n) is 4.02. The van der Waals surface area contributed by atoms with Gasteiger partial charge >= 0.3 is 0 Å². The zero-order valence-electron chi connectivity index (χ0n) is 12.4. The number of hydrogen-bond acceptors (Lipinski definition) is 4. The lowest BCUT2D eigenvalue weighted by Crippen LogP contribution is -2.14. The molecule has 0 saturated carbocycles. The van der Waals surface area contributed by atoms with Crippen molar-refractivity contribution in [3.05, 3.63) is 64.4 Å². The lowest BCUT2D eigenvalue weighted by Gasteiger charge is -2.19. The maximum atomic E-state index is 6.16. The van der Waals surface area contributed by atoms with Gasteiger partial charge in [0.05, 0.1) is 5.69 Å². The predicted molar refractivity (Wildman–Crippen MR) is 89.0 cm³/mol. The summed E-state index contributed by atoms with van der Waals surface area (Å²) in [4.78, 5) is 0. The van der Waals surface area contributed by atoms with Gasteiger partial charge in [-0.3, -0.25) is 4.57 Å². The lowest BCUT2D eigenvalue weighted by molar-refractivity contribution is 0.306. The van der Waals surface area contributed by atoms with E-state index in [9.17, 15) is 0 Å². The molecule has 1 aliphatic rings. The van der Waals surface area contributed by atoms with Crippen LogP contribution in [0.3, 0.4) is 0 Å². The molecule has 0 unspecified atom stereocenters. The molecular formula is C17H15ClN4O. The van der Waals surface area contributed by atoms with E-state index in [0.29, 0.717) is 17.6 Å². The molecule has 3 aromatic rings. The number of nitrogens with two attached hydrogens (primary N) is 1. The van der Waals surface area contributed by atoms with Crippen LogP contribution in [0.1, 0.15) is 17.0 Å². The van der Waals surface area contributed by atoms with Gasteiger partial charge in [0, 0.05) is 17.0 Å². The van der Waals surface area contributed by atoms with Crippen molar-refractivity contribution in [2.45, 2.75) is 19.4 Å². The molecule has 23 heavy (non-hydrogen) atoms. The summed E-state index contributed by atoms with van der Waals surface area (Å²) in [5.41, 5.74) is 9.09. The van der Waals surface area contributed by atoms with Crippen LogP contribution in [0, 0.1) is 0 Å². The molecule has 2 N–H and O–H groups in total. The van der Waals surface area contributed by atoms with Gasteiger partial charge in [-0.15, -0.1) is 10.2 Å². The molecule has 1 aromatic heterocycles. The molecule has 4 rings (SSSR count). The quantitative estimate of drug-likeness (QED) is 0.802. The minimum absolute atomic E-state index is 0.422. The molecule has 0 aliphatic carbocycles. The standard InChI is InChI=1S/C17H15ClN4O/c18-14-4-2-1-3-12(14)10-23-13-6-7-15-11(9-13)5-8-16-20-21-17(19)22(15)16/h1-4,6-7,9H,5,8,10H2,(H2,19,21). The van der Waals surface area contributed by atoms with Gasteiger partial charge in [0.25, 0.3) is 0 Å². The van der Waals surface area contributed by atoms with Gasteiger partial charge in [0.1, 0.15) is 18.2 Å². The number of nitrogens with zero attached hydrogens (tertiary/aromatic N) is 3. The maximum absolute atomic E-state index is 6.16. The Balaban J connectivity index is 1.59. The summed E-state index contributed by atoms with van der Waals surface area (Å²) in [6.45, 7) is 0.443. The van der Waals surface area contributed by atoms with E-state index in [1.54, 1.807) is 0 Å². The molecule has 2 heterocycles. The fourth-order valence-corrected chi connectivity index (χ4v) is 3.04. The van der Waals surface area contributed by atoms with Crippen molar-refractivity contribution in [3.63, 3.8) is 0 Å². The fraction of sp³-hybridized carbons (Fsp3) is 0.176. The number of aromatic nitrogens is 3. The van der Waals surface area contributed by atoms with Gasteiger partial charge in [-0.2, -0.15) is 0 Å². The van der Waals surface area contributed by atoms with Crippen LogP contribution < -0.4 is 10.5 Å². The average molecular weight is 327 g/mol. The average Bonchev–Trinajstić information content (AvgIpc) is 2.95. The molecule has 0 atom stereocenters. The molecule has 116 valence electrons. The smallest absolute Gasteiger partial charge is 0.226 e. The van der Waals surface area contributed by atoms with Crippen LogP contribution in [0.5, 0.6) is 5.75 Å². The largest absolute Gasteiger partial charge is 0.489 e. The third kappa shape index (κ3) is 2.53. The van der Waals surface area contributed by atoms with Crippen LogP contribution in [-0.4, -0.2) is 14.8 Å². The van der Waals surface area contributed by atoms with E-state index in [2.05, 4.69) is 16.3 Å². The summed E-state index contributed by atoms with van der Waals surface area (Å²) in [7, 11) is 0. The van der Waals surface area contributed by atoms with Gasteiger partial charge in [0.15, 0.2) is 0 Å². The van der Waals surface area contributed by atoms with Crippen molar-refractivity contribution in [3.8, 4) is 11.4 Å². The van der Waals surface area contributed by atoms with E-state index in [4.69, 9.17) is 22.1 Å². The second kappa shape index (κ2) is 5.59. The van der Waals surface area contributed by atoms with Gasteiger partial charge in [-0.25, -0.2) is 0 Å². The van der Waals surface area contributed by atoms with E-state index < -0.39 is 0 Å². The van der Waals surface area contributed by atoms with Crippen molar-refractivity contribution in [1.29, 1.82) is 0 Å². The van der Waals surface area contributed by atoms with E-state index >= 15 is 0 Å². The number of rotatable bonds is 3. The zero-order valence-corrected chi connectivity index (χ0v) is 13.1. The van der Waals surface area contributed by atoms with Crippen molar-refractivity contribution in [1.82, 2.24) is 14.8 Å². The molecule has 0 radical (unpaired) electrons. The Bertz CT molecular complexity index is 875. The fourth-order valence-electron chi connectivity index (χ4n) is 2.85. The van der Waals surface area contributed by atoms with E-state index in [0.717, 1.165) is 35.7 Å². The number of aryl methyl sites for hydroxylation is 2. The first-order valence-corrected chi connectivity index (χ1v) is 7.79. The summed E-state index contributed by atoms with van der Waals surface area (Å²) in [5.74, 6) is 2.14. The van der Waals surface area contributed by atoms with Crippen LogP contribution in [0.25, 0.3) is 5.69 Å². The van der Waals surface area contributed by atoms with Crippen molar-refractivity contribution >= 4 is 17.5 Å². The van der Waals surface area contributed by atoms with Crippen molar-refractivity contribution in [2.75, 3.05) is 5.73 Å². The van der Waals surface area contributed by atoms with Crippen LogP contribution in [0.2, 0.25) is 5.02 Å². The highest BCUT2D eigenvalue weighted by Gasteiger charge is 2.20. The molecule has 1 aliphatic heterocycles. The Hall–Kier alpha value is -2.53. The van der Waals surface area contributed by atoms with E-state index in [1.807, 2.05) is 41.0 Å². The molecular weight excluding hydrogens is 312 g/mol. The van der Waals surface area contributed by atoms with Crippen molar-refractivity contribution in [2.24, 2.45) is 0 Å². The number of halogens is 1. The molecule has 2 aromatic carbocycles. The molecule has 0 saturated heterocycles. The molecule has 0 amide bonds. The molecule has 0 spiro atoms. The highest BCUT2D eigenvalue weighted by molar-refractivity contribution is 6.31. The van der Waals surface area contributed by atoms with Crippen LogP contribution >= 0.6 is 11.6 Å². The second-order valence-electron chi connectivity index (χ2n) is 5.48. The Kier molecular flexibility index (Phi) is 3.42. The number of anilines is 1. The number of ether oxygens (including phenoxy) is 1. The first-order chi connectivity index (χ1) is 11.2. The van der Waals surface area contributed by atoms with E-state index in [1.165, 1.54) is 5.56 Å².